The Morgan fingerprint density at radius 2 is 1.64 bits per heavy atom. The molecule has 5 aliphatic rings. The molecule has 16 heteroatoms. The number of carbonyl (C=O) groups is 4. The van der Waals surface area contributed by atoms with E-state index < -0.39 is 63.6 Å². The van der Waals surface area contributed by atoms with Crippen molar-refractivity contribution in [1.82, 2.24) is 19.8 Å². The summed E-state index contributed by atoms with van der Waals surface area (Å²) in [6, 6.07) is 21.4. The molecular weight excluding hydrogens is 834 g/mol. The third-order valence-corrected chi connectivity index (χ3v) is 13.8. The van der Waals surface area contributed by atoms with Crippen LogP contribution < -0.4 is 10.2 Å². The number of aromatic hydroxyl groups is 1. The second-order valence-corrected chi connectivity index (χ2v) is 17.2. The molecule has 0 radical (unpaired) electrons. The van der Waals surface area contributed by atoms with Gasteiger partial charge in [-0.05, 0) is 67.0 Å². The van der Waals surface area contributed by atoms with E-state index in [0.29, 0.717) is 59.9 Å². The molecule has 0 spiro atoms. The van der Waals surface area contributed by atoms with Crippen LogP contribution in [0.15, 0.2) is 96.7 Å². The molecule has 3 aromatic carbocycles. The molecule has 2 N–H and O–H groups in total. The summed E-state index contributed by atoms with van der Waals surface area (Å²) in [6.07, 6.45) is -0.891. The number of likely N-dealkylation sites (tertiary alicyclic amines) is 2. The highest BCUT2D eigenvalue weighted by atomic mass is 35.5. The van der Waals surface area contributed by atoms with Crippen molar-refractivity contribution < 1.29 is 42.2 Å². The Labute approximate surface area is 359 Å². The fraction of sp³-hybridized carbons (Fsp3) is 0.356. The molecule has 316 valence electrons. The number of hydrogen-bond acceptors (Lipinski definition) is 9. The second kappa shape index (κ2) is 15.5. The molecule has 3 aliphatic heterocycles. The largest absolute Gasteiger partial charge is 0.508 e. The van der Waals surface area contributed by atoms with Crippen LogP contribution in [0.5, 0.6) is 11.5 Å². The Morgan fingerprint density at radius 1 is 0.918 bits per heavy atom. The van der Waals surface area contributed by atoms with Gasteiger partial charge in [0.1, 0.15) is 11.5 Å². The van der Waals surface area contributed by atoms with Crippen molar-refractivity contribution in [1.29, 1.82) is 0 Å². The average Bonchev–Trinajstić information content (AvgIpc) is 3.62. The maximum Gasteiger partial charge on any atom is 0.417 e. The molecule has 1 aromatic heterocycles. The van der Waals surface area contributed by atoms with Crippen LogP contribution in [0.1, 0.15) is 53.9 Å². The molecule has 4 fully saturated rings. The first-order chi connectivity index (χ1) is 29.2. The number of amides is 4. The summed E-state index contributed by atoms with van der Waals surface area (Å²) in [5.41, 5.74) is 2.43. The normalized spacial score (nSPS) is 26.9. The minimum Gasteiger partial charge on any atom is -0.508 e. The van der Waals surface area contributed by atoms with Gasteiger partial charge in [-0.25, -0.2) is 4.98 Å². The fourth-order valence-corrected chi connectivity index (χ4v) is 11.0. The molecule has 6 atom stereocenters. The van der Waals surface area contributed by atoms with Gasteiger partial charge in [0.05, 0.1) is 40.9 Å². The lowest BCUT2D eigenvalue weighted by Crippen LogP contribution is -2.53. The number of methoxy groups -OCH3 is 1. The van der Waals surface area contributed by atoms with E-state index in [1.807, 2.05) is 24.3 Å². The minimum atomic E-state index is -4.76. The number of allylic oxidation sites excluding steroid dienone is 2. The number of nitrogens with zero attached hydrogens (tertiary/aromatic N) is 4. The van der Waals surface area contributed by atoms with Crippen LogP contribution in [0, 0.1) is 23.7 Å². The smallest absolute Gasteiger partial charge is 0.417 e. The highest BCUT2D eigenvalue weighted by Gasteiger charge is 2.71. The zero-order valence-electron chi connectivity index (χ0n) is 32.7. The number of pyridine rings is 1. The molecule has 4 amide bonds. The molecular formula is C45H40Cl2F3N5O6. The summed E-state index contributed by atoms with van der Waals surface area (Å²) in [6.45, 7) is 2.16. The molecule has 3 saturated heterocycles. The van der Waals surface area contributed by atoms with Gasteiger partial charge in [-0.15, -0.1) is 0 Å². The van der Waals surface area contributed by atoms with Crippen molar-refractivity contribution in [3.63, 3.8) is 0 Å². The number of ether oxygens (including phenoxy) is 1. The maximum atomic E-state index is 15.5. The number of hydrogen-bond donors (Lipinski definition) is 2. The van der Waals surface area contributed by atoms with Crippen molar-refractivity contribution in [2.45, 2.75) is 55.8 Å². The van der Waals surface area contributed by atoms with Crippen molar-refractivity contribution in [2.24, 2.45) is 23.7 Å². The van der Waals surface area contributed by atoms with Crippen molar-refractivity contribution >= 4 is 52.6 Å². The van der Waals surface area contributed by atoms with Gasteiger partial charge >= 0.3 is 6.18 Å². The Morgan fingerprint density at radius 3 is 2.31 bits per heavy atom. The Bertz CT molecular complexity index is 2460. The number of carbonyl (C=O) groups excluding carboxylic acids is 4. The van der Waals surface area contributed by atoms with E-state index in [4.69, 9.17) is 27.9 Å². The van der Waals surface area contributed by atoms with Crippen LogP contribution in [0.3, 0.4) is 0 Å². The molecule has 1 saturated carbocycles. The molecule has 4 aromatic rings. The first-order valence-electron chi connectivity index (χ1n) is 20.1. The number of phenols is 1. The topological polar surface area (TPSA) is 132 Å². The monoisotopic (exact) mass is 873 g/mol. The van der Waals surface area contributed by atoms with Gasteiger partial charge in [-0.2, -0.15) is 18.2 Å². The third-order valence-electron chi connectivity index (χ3n) is 13.3. The van der Waals surface area contributed by atoms with Crippen LogP contribution in [0.2, 0.25) is 10.0 Å². The second-order valence-electron chi connectivity index (χ2n) is 16.4. The number of phenolic OH excluding ortho intramolecular Hbond substituents is 1. The molecule has 6 unspecified atom stereocenters. The van der Waals surface area contributed by atoms with Crippen LogP contribution in [-0.4, -0.2) is 74.8 Å². The molecule has 11 nitrogen and oxygen atoms in total. The van der Waals surface area contributed by atoms with Gasteiger partial charge in [0, 0.05) is 54.4 Å². The zero-order chi connectivity index (χ0) is 43.0. The maximum absolute atomic E-state index is 15.5. The molecule has 61 heavy (non-hydrogen) atoms. The van der Waals surface area contributed by atoms with Gasteiger partial charge in [0.25, 0.3) is 11.8 Å². The van der Waals surface area contributed by atoms with E-state index in [-0.39, 0.29) is 48.0 Å². The van der Waals surface area contributed by atoms with E-state index in [1.165, 1.54) is 29.7 Å². The van der Waals surface area contributed by atoms with Crippen LogP contribution in [-0.2, 0) is 37.3 Å². The number of benzene rings is 3. The van der Waals surface area contributed by atoms with E-state index in [0.717, 1.165) is 11.6 Å². The number of anilines is 1. The van der Waals surface area contributed by atoms with E-state index in [9.17, 15) is 27.9 Å². The fourth-order valence-electron chi connectivity index (χ4n) is 10.6. The van der Waals surface area contributed by atoms with E-state index >= 15 is 9.59 Å². The summed E-state index contributed by atoms with van der Waals surface area (Å²) >= 11 is 12.7. The van der Waals surface area contributed by atoms with Crippen LogP contribution in [0.4, 0.5) is 19.0 Å². The predicted molar refractivity (Wildman–Crippen MR) is 218 cm³/mol. The van der Waals surface area contributed by atoms with Gasteiger partial charge in [0.2, 0.25) is 11.8 Å². The highest BCUT2D eigenvalue weighted by molar-refractivity contribution is 6.33. The molecule has 4 heterocycles. The molecule has 0 bridgehead atoms. The van der Waals surface area contributed by atoms with Crippen LogP contribution >= 0.6 is 23.2 Å². The Kier molecular flexibility index (Phi) is 10.4. The summed E-state index contributed by atoms with van der Waals surface area (Å²) in [4.78, 5) is 67.4. The number of fused-ring (bicyclic) bond motifs is 4. The third kappa shape index (κ3) is 6.74. The number of imide groups is 2. The Balaban J connectivity index is 1.13. The molecule has 2 aliphatic carbocycles. The summed E-state index contributed by atoms with van der Waals surface area (Å²) < 4.78 is 46.5. The standard InChI is InChI=1S/C45H40Cl2F3N5O6/c1-61-36-20-29(56)11-12-31(36)38-30-13-14-32-37(42(59)54(40(32)57)28-15-17-53(18-16-28)23-24-5-3-2-4-6-24)33(30)21-34-41(58)55(43(60)44(34,38)25-7-9-27(46)10-8-25)52-39-35(47)19-26(22-51-39)45(48,49)50/h2-13,19-20,22,28,32-34,37-38,56H,14-18,21,23H2,1H3,(H,51,52). The number of halogens is 5. The first-order valence-corrected chi connectivity index (χ1v) is 20.8. The van der Waals surface area contributed by atoms with Gasteiger partial charge in [-0.1, -0.05) is 83.4 Å². The van der Waals surface area contributed by atoms with Crippen molar-refractivity contribution in [2.75, 3.05) is 25.6 Å². The Hall–Kier alpha value is -5.44. The quantitative estimate of drug-likeness (QED) is 0.135. The molecule has 9 rings (SSSR count). The summed E-state index contributed by atoms with van der Waals surface area (Å²) in [7, 11) is 1.41. The number of hydrazine groups is 1. The number of rotatable bonds is 8. The van der Waals surface area contributed by atoms with Crippen molar-refractivity contribution in [3.8, 4) is 11.5 Å². The lowest BCUT2D eigenvalue weighted by molar-refractivity contribution is -0.144. The predicted octanol–water partition coefficient (Wildman–Crippen LogP) is 7.77. The number of piperidine rings is 1. The first kappa shape index (κ1) is 40.9. The lowest BCUT2D eigenvalue weighted by Gasteiger charge is -2.50. The number of aromatic nitrogens is 1. The summed E-state index contributed by atoms with van der Waals surface area (Å²) in [5.74, 6) is -6.74. The average molecular weight is 875 g/mol. The van der Waals surface area contributed by atoms with Gasteiger partial charge in [-0.3, -0.25) is 34.4 Å². The number of alkyl halides is 3. The van der Waals surface area contributed by atoms with E-state index in [1.54, 1.807) is 30.3 Å². The van der Waals surface area contributed by atoms with Gasteiger partial charge in [0.15, 0.2) is 5.82 Å². The SMILES string of the molecule is COc1cc(O)ccc1C1C2=CCC3C(=O)N(C4CCN(Cc5ccccc5)CC4)C(=O)C3C2CC2C(=O)N(Nc3ncc(C(F)(F)F)cc3Cl)C(=O)C21c1ccc(Cl)cc1. The number of nitrogens with one attached hydrogen (secondary N) is 1. The lowest BCUT2D eigenvalue weighted by atomic mass is 9.49. The van der Waals surface area contributed by atoms with E-state index in [2.05, 4.69) is 27.4 Å². The van der Waals surface area contributed by atoms with Crippen molar-refractivity contribution in [3.05, 3.63) is 129 Å². The minimum absolute atomic E-state index is 0.0220. The van der Waals surface area contributed by atoms with Gasteiger partial charge < -0.3 is 9.84 Å². The zero-order valence-corrected chi connectivity index (χ0v) is 34.3. The summed E-state index contributed by atoms with van der Waals surface area (Å²) in [5, 5.41) is 11.2. The van der Waals surface area contributed by atoms with Crippen LogP contribution in [0.25, 0.3) is 0 Å². The highest BCUT2D eigenvalue weighted by Crippen LogP contribution is 2.65.